The van der Waals surface area contributed by atoms with Crippen molar-refractivity contribution in [1.82, 2.24) is 16.0 Å². The maximum Gasteiger partial charge on any atom is 0.326 e. The highest BCUT2D eigenvalue weighted by molar-refractivity contribution is 5.94. The zero-order chi connectivity index (χ0) is 26.5. The van der Waals surface area contributed by atoms with Crippen LogP contribution in [-0.4, -0.2) is 64.6 Å². The van der Waals surface area contributed by atoms with Crippen LogP contribution >= 0.6 is 0 Å². The number of nitrogens with two attached hydrogens (primary N) is 2. The van der Waals surface area contributed by atoms with Gasteiger partial charge in [-0.05, 0) is 56.3 Å². The Morgan fingerprint density at radius 2 is 1.51 bits per heavy atom. The second-order valence-corrected chi connectivity index (χ2v) is 8.78. The van der Waals surface area contributed by atoms with Gasteiger partial charge < -0.3 is 37.6 Å². The number of benzene rings is 1. The van der Waals surface area contributed by atoms with Crippen molar-refractivity contribution in [2.75, 3.05) is 6.54 Å². The minimum Gasteiger partial charge on any atom is -0.508 e. The van der Waals surface area contributed by atoms with Gasteiger partial charge in [0.15, 0.2) is 0 Å². The van der Waals surface area contributed by atoms with Gasteiger partial charge in [0.05, 0.1) is 6.04 Å². The molecule has 35 heavy (non-hydrogen) atoms. The molecule has 1 rings (SSSR count). The van der Waals surface area contributed by atoms with E-state index >= 15 is 0 Å². The fourth-order valence-corrected chi connectivity index (χ4v) is 3.35. The summed E-state index contributed by atoms with van der Waals surface area (Å²) in [4.78, 5) is 50.1. The first-order valence-electron chi connectivity index (χ1n) is 11.9. The molecular weight excluding hydrogens is 454 g/mol. The third-order valence-corrected chi connectivity index (χ3v) is 5.78. The van der Waals surface area contributed by atoms with Gasteiger partial charge in [0, 0.05) is 6.42 Å². The predicted molar refractivity (Wildman–Crippen MR) is 131 cm³/mol. The second kappa shape index (κ2) is 14.9. The Balaban J connectivity index is 3.13. The monoisotopic (exact) mass is 493 g/mol. The number of unbranched alkanes of at least 4 members (excludes halogenated alkanes) is 1. The first-order valence-corrected chi connectivity index (χ1v) is 11.9. The lowest BCUT2D eigenvalue weighted by atomic mass is 9.96. The van der Waals surface area contributed by atoms with E-state index in [1.54, 1.807) is 19.1 Å². The number of hydrogen-bond donors (Lipinski definition) is 7. The number of carbonyl (C=O) groups excluding carboxylic acids is 3. The molecule has 0 unspecified atom stereocenters. The minimum atomic E-state index is -1.19. The van der Waals surface area contributed by atoms with Crippen LogP contribution in [0, 0.1) is 5.92 Å². The van der Waals surface area contributed by atoms with Gasteiger partial charge in [0.1, 0.15) is 23.9 Å². The summed E-state index contributed by atoms with van der Waals surface area (Å²) in [6.07, 6.45) is 1.94. The van der Waals surface area contributed by atoms with Crippen LogP contribution in [0.5, 0.6) is 5.75 Å². The molecule has 0 aliphatic heterocycles. The number of phenols is 1. The maximum atomic E-state index is 13.2. The Labute approximate surface area is 206 Å². The molecule has 3 amide bonds. The third kappa shape index (κ3) is 10.3. The number of aliphatic carboxylic acids is 1. The summed E-state index contributed by atoms with van der Waals surface area (Å²) in [5.41, 5.74) is 11.7. The van der Waals surface area contributed by atoms with Gasteiger partial charge in [-0.25, -0.2) is 4.79 Å². The van der Waals surface area contributed by atoms with Crippen LogP contribution in [0.1, 0.15) is 52.0 Å². The zero-order valence-corrected chi connectivity index (χ0v) is 20.6. The molecule has 0 fully saturated rings. The van der Waals surface area contributed by atoms with Crippen molar-refractivity contribution in [1.29, 1.82) is 0 Å². The second-order valence-electron chi connectivity index (χ2n) is 8.78. The Morgan fingerprint density at radius 1 is 0.914 bits per heavy atom. The standard InChI is InChI=1S/C24H39N5O6/c1-4-14(2)20(29-21(31)15(3)26)23(33)28-19(13-16-8-10-17(30)11-9-16)22(32)27-18(24(34)35)7-5-6-12-25/h8-11,14-15,18-20,30H,4-7,12-13,25-26H2,1-3H3,(H,27,32)(H,28,33)(H,29,31)(H,34,35)/t14-,15-,18-,19-,20-/m0/s1. The van der Waals surface area contributed by atoms with Gasteiger partial charge in [-0.15, -0.1) is 0 Å². The van der Waals surface area contributed by atoms with E-state index in [1.807, 2.05) is 6.92 Å². The normalized spacial score (nSPS) is 15.2. The van der Waals surface area contributed by atoms with Crippen molar-refractivity contribution < 1.29 is 29.4 Å². The molecule has 5 atom stereocenters. The smallest absolute Gasteiger partial charge is 0.326 e. The molecule has 0 saturated carbocycles. The van der Waals surface area contributed by atoms with Crippen LogP contribution < -0.4 is 27.4 Å². The van der Waals surface area contributed by atoms with Gasteiger partial charge >= 0.3 is 5.97 Å². The van der Waals surface area contributed by atoms with E-state index in [1.165, 1.54) is 19.1 Å². The number of phenolic OH excluding ortho intramolecular Hbond substituents is 1. The molecule has 1 aromatic carbocycles. The molecule has 0 aliphatic rings. The van der Waals surface area contributed by atoms with Crippen LogP contribution in [0.2, 0.25) is 0 Å². The highest BCUT2D eigenvalue weighted by atomic mass is 16.4. The van der Waals surface area contributed by atoms with Crippen LogP contribution in [0.3, 0.4) is 0 Å². The minimum absolute atomic E-state index is 0.0417. The number of nitrogens with one attached hydrogen (secondary N) is 3. The van der Waals surface area contributed by atoms with Crippen LogP contribution in [-0.2, 0) is 25.6 Å². The number of rotatable bonds is 15. The van der Waals surface area contributed by atoms with Gasteiger partial charge in [-0.2, -0.15) is 0 Å². The van der Waals surface area contributed by atoms with Crippen molar-refractivity contribution >= 4 is 23.7 Å². The summed E-state index contributed by atoms with van der Waals surface area (Å²) >= 11 is 0. The fourth-order valence-electron chi connectivity index (χ4n) is 3.35. The number of aromatic hydroxyl groups is 1. The number of carboxylic acids is 1. The lowest BCUT2D eigenvalue weighted by Crippen LogP contribution is -2.58. The van der Waals surface area contributed by atoms with Crippen molar-refractivity contribution in [2.45, 2.75) is 77.0 Å². The summed E-state index contributed by atoms with van der Waals surface area (Å²) in [7, 11) is 0. The molecule has 0 saturated heterocycles. The third-order valence-electron chi connectivity index (χ3n) is 5.78. The Hall–Kier alpha value is -3.18. The SMILES string of the molecule is CC[C@H](C)[C@H](NC(=O)[C@H](C)N)C(=O)N[C@@H](Cc1ccc(O)cc1)C(=O)N[C@@H](CCCCN)C(=O)O. The molecule has 0 heterocycles. The first-order chi connectivity index (χ1) is 16.5. The van der Waals surface area contributed by atoms with E-state index in [9.17, 15) is 29.4 Å². The number of carbonyl (C=O) groups is 4. The maximum absolute atomic E-state index is 13.2. The van der Waals surface area contributed by atoms with E-state index in [2.05, 4.69) is 16.0 Å². The van der Waals surface area contributed by atoms with Gasteiger partial charge in [0.25, 0.3) is 0 Å². The van der Waals surface area contributed by atoms with E-state index in [4.69, 9.17) is 11.5 Å². The molecule has 9 N–H and O–H groups in total. The van der Waals surface area contributed by atoms with Crippen LogP contribution in [0.15, 0.2) is 24.3 Å². The zero-order valence-electron chi connectivity index (χ0n) is 20.6. The molecule has 11 heteroatoms. The van der Waals surface area contributed by atoms with Gasteiger partial charge in [-0.3, -0.25) is 14.4 Å². The van der Waals surface area contributed by atoms with Crippen molar-refractivity contribution in [3.05, 3.63) is 29.8 Å². The Bertz CT molecular complexity index is 845. The van der Waals surface area contributed by atoms with Crippen molar-refractivity contribution in [3.63, 3.8) is 0 Å². The summed E-state index contributed by atoms with van der Waals surface area (Å²) < 4.78 is 0. The number of hydrogen-bond acceptors (Lipinski definition) is 7. The Morgan fingerprint density at radius 3 is 2.03 bits per heavy atom. The van der Waals surface area contributed by atoms with Crippen molar-refractivity contribution in [3.8, 4) is 5.75 Å². The molecule has 11 nitrogen and oxygen atoms in total. The quantitative estimate of drug-likeness (QED) is 0.166. The molecule has 0 radical (unpaired) electrons. The molecule has 1 aromatic rings. The highest BCUT2D eigenvalue weighted by Crippen LogP contribution is 2.13. The highest BCUT2D eigenvalue weighted by Gasteiger charge is 2.32. The average Bonchev–Trinajstić information content (AvgIpc) is 2.81. The summed E-state index contributed by atoms with van der Waals surface area (Å²) in [5, 5.41) is 26.9. The molecular formula is C24H39N5O6. The van der Waals surface area contributed by atoms with Crippen LogP contribution in [0.25, 0.3) is 0 Å². The van der Waals surface area contributed by atoms with E-state index < -0.39 is 47.9 Å². The van der Waals surface area contributed by atoms with Gasteiger partial charge in [-0.1, -0.05) is 32.4 Å². The number of carboxylic acid groups (broad SMARTS) is 1. The topological polar surface area (TPSA) is 197 Å². The fraction of sp³-hybridized carbons (Fsp3) is 0.583. The molecule has 0 aromatic heterocycles. The van der Waals surface area contributed by atoms with E-state index in [0.29, 0.717) is 31.4 Å². The lowest BCUT2D eigenvalue weighted by molar-refractivity contribution is -0.142. The average molecular weight is 494 g/mol. The lowest BCUT2D eigenvalue weighted by Gasteiger charge is -2.27. The van der Waals surface area contributed by atoms with Crippen LogP contribution in [0.4, 0.5) is 0 Å². The molecule has 0 aliphatic carbocycles. The first kappa shape index (κ1) is 29.9. The predicted octanol–water partition coefficient (Wildman–Crippen LogP) is -0.00400. The number of amides is 3. The van der Waals surface area contributed by atoms with Crippen molar-refractivity contribution in [2.24, 2.45) is 17.4 Å². The van der Waals surface area contributed by atoms with E-state index in [0.717, 1.165) is 0 Å². The Kier molecular flexibility index (Phi) is 12.7. The molecule has 0 spiro atoms. The van der Waals surface area contributed by atoms with E-state index in [-0.39, 0.29) is 24.5 Å². The molecule has 0 bridgehead atoms. The molecule has 196 valence electrons. The summed E-state index contributed by atoms with van der Waals surface area (Å²) in [5.74, 6) is -3.16. The van der Waals surface area contributed by atoms with Gasteiger partial charge in [0.2, 0.25) is 17.7 Å². The summed E-state index contributed by atoms with van der Waals surface area (Å²) in [6, 6.07) is 2.07. The summed E-state index contributed by atoms with van der Waals surface area (Å²) in [6.45, 7) is 5.56. The largest absolute Gasteiger partial charge is 0.508 e.